The summed E-state index contributed by atoms with van der Waals surface area (Å²) in [5.41, 5.74) is 0.823. The highest BCUT2D eigenvalue weighted by molar-refractivity contribution is 7.09. The summed E-state index contributed by atoms with van der Waals surface area (Å²) in [6.45, 7) is 4.59. The highest BCUT2D eigenvalue weighted by Gasteiger charge is 2.59. The van der Waals surface area contributed by atoms with Crippen molar-refractivity contribution in [2.75, 3.05) is 13.6 Å². The molecular weight excluding hydrogens is 330 g/mol. The van der Waals surface area contributed by atoms with E-state index in [4.69, 9.17) is 0 Å². The van der Waals surface area contributed by atoms with Gasteiger partial charge in [0.25, 0.3) is 0 Å². The quantitative estimate of drug-likeness (QED) is 0.736. The Balaban J connectivity index is 1.83. The lowest BCUT2D eigenvalue weighted by Crippen LogP contribution is -2.63. The number of thiazole rings is 1. The van der Waals surface area contributed by atoms with E-state index < -0.39 is 18.0 Å². The maximum absolute atomic E-state index is 12.3. The number of carbonyl (C=O) groups is 2. The van der Waals surface area contributed by atoms with E-state index in [1.165, 1.54) is 4.90 Å². The van der Waals surface area contributed by atoms with Gasteiger partial charge in [-0.2, -0.15) is 0 Å². The molecule has 1 amide bonds. The molecule has 8 heteroatoms. The molecule has 0 saturated carbocycles. The minimum absolute atomic E-state index is 0.0837. The number of aliphatic hydroxyl groups excluding tert-OH is 1. The van der Waals surface area contributed by atoms with Crippen LogP contribution in [0.4, 0.5) is 0 Å². The van der Waals surface area contributed by atoms with E-state index in [0.717, 1.165) is 10.6 Å². The highest BCUT2D eigenvalue weighted by atomic mass is 32.1. The normalized spacial score (nSPS) is 27.5. The molecule has 2 aliphatic heterocycles. The monoisotopic (exact) mass is 351 g/mol. The molecule has 2 N–H and O–H groups in total. The molecule has 1 aromatic rings. The Morgan fingerprint density at radius 3 is 2.75 bits per heavy atom. The minimum atomic E-state index is -1.08. The first-order chi connectivity index (χ1) is 11.3. The Morgan fingerprint density at radius 1 is 1.50 bits per heavy atom. The molecule has 7 nitrogen and oxygen atoms in total. The maximum atomic E-state index is 12.3. The van der Waals surface area contributed by atoms with Crippen LogP contribution in [0.2, 0.25) is 0 Å². The number of hydrogen-bond acceptors (Lipinski definition) is 6. The molecule has 0 aliphatic carbocycles. The molecule has 3 heterocycles. The van der Waals surface area contributed by atoms with Crippen LogP contribution in [0.15, 0.2) is 22.8 Å². The van der Waals surface area contributed by atoms with Crippen LogP contribution >= 0.6 is 11.3 Å². The number of aliphatic carboxylic acids is 1. The molecule has 130 valence electrons. The Kier molecular flexibility index (Phi) is 4.46. The van der Waals surface area contributed by atoms with Crippen LogP contribution in [0, 0.1) is 11.8 Å². The first kappa shape index (κ1) is 17.1. The zero-order valence-corrected chi connectivity index (χ0v) is 14.7. The largest absolute Gasteiger partial charge is 0.477 e. The van der Waals surface area contributed by atoms with Crippen molar-refractivity contribution in [3.63, 3.8) is 0 Å². The third-order valence-electron chi connectivity index (χ3n) is 4.85. The molecule has 0 aromatic carbocycles. The molecule has 0 bridgehead atoms. The van der Waals surface area contributed by atoms with Gasteiger partial charge in [-0.3, -0.25) is 9.69 Å². The van der Waals surface area contributed by atoms with Crippen molar-refractivity contribution in [1.29, 1.82) is 0 Å². The molecule has 1 aromatic heterocycles. The van der Waals surface area contributed by atoms with Crippen molar-refractivity contribution in [3.05, 3.63) is 27.9 Å². The average molecular weight is 351 g/mol. The fraction of sp³-hybridized carbons (Fsp3) is 0.562. The molecule has 1 fully saturated rings. The zero-order valence-electron chi connectivity index (χ0n) is 13.8. The van der Waals surface area contributed by atoms with Gasteiger partial charge >= 0.3 is 5.97 Å². The van der Waals surface area contributed by atoms with Crippen LogP contribution in [0.25, 0.3) is 0 Å². The van der Waals surface area contributed by atoms with Gasteiger partial charge in [0.15, 0.2) is 0 Å². The van der Waals surface area contributed by atoms with E-state index in [1.54, 1.807) is 24.5 Å². The maximum Gasteiger partial charge on any atom is 0.352 e. The predicted molar refractivity (Wildman–Crippen MR) is 88.1 cm³/mol. The zero-order chi connectivity index (χ0) is 17.6. The number of rotatable bonds is 6. The first-order valence-electron chi connectivity index (χ1n) is 7.87. The number of likely N-dealkylation sites (N-methyl/N-ethyl adjacent to an activating group) is 1. The second-order valence-corrected chi connectivity index (χ2v) is 7.51. The van der Waals surface area contributed by atoms with E-state index in [2.05, 4.69) is 4.98 Å². The van der Waals surface area contributed by atoms with E-state index >= 15 is 0 Å². The van der Waals surface area contributed by atoms with Gasteiger partial charge in [-0.05, 0) is 19.5 Å². The van der Waals surface area contributed by atoms with Gasteiger partial charge < -0.3 is 15.1 Å². The molecule has 0 spiro atoms. The molecule has 0 radical (unpaired) electrons. The number of aliphatic hydroxyl groups is 1. The fourth-order valence-corrected chi connectivity index (χ4v) is 4.46. The number of hydrogen-bond donors (Lipinski definition) is 2. The topological polar surface area (TPSA) is 94.0 Å². The number of aromatic nitrogens is 1. The highest BCUT2D eigenvalue weighted by Crippen LogP contribution is 2.47. The lowest BCUT2D eigenvalue weighted by atomic mass is 9.77. The third kappa shape index (κ3) is 2.64. The number of β-lactam (4-membered cyclic amide) rings is 1. The SMILES string of the molecule is C[C@H]1C(CN(C)Cc2nccs2)=C(C(=O)O)N2C(=O)[C@H]([C@@H](C)O)C12. The van der Waals surface area contributed by atoms with E-state index in [0.29, 0.717) is 13.1 Å². The lowest BCUT2D eigenvalue weighted by molar-refractivity contribution is -0.163. The molecule has 24 heavy (non-hydrogen) atoms. The second-order valence-electron chi connectivity index (χ2n) is 6.53. The van der Waals surface area contributed by atoms with Crippen molar-refractivity contribution < 1.29 is 19.8 Å². The minimum Gasteiger partial charge on any atom is -0.477 e. The average Bonchev–Trinajstić information content (AvgIpc) is 3.06. The number of carbonyl (C=O) groups excluding carboxylic acids is 1. The number of carboxylic acids is 1. The smallest absolute Gasteiger partial charge is 0.352 e. The van der Waals surface area contributed by atoms with Crippen LogP contribution in [-0.2, 0) is 16.1 Å². The van der Waals surface area contributed by atoms with Crippen LogP contribution in [-0.4, -0.2) is 62.6 Å². The van der Waals surface area contributed by atoms with Crippen molar-refractivity contribution in [1.82, 2.24) is 14.8 Å². The van der Waals surface area contributed by atoms with E-state index in [1.807, 2.05) is 24.3 Å². The lowest BCUT2D eigenvalue weighted by Gasteiger charge is -2.46. The number of nitrogens with zero attached hydrogens (tertiary/aromatic N) is 3. The van der Waals surface area contributed by atoms with Crippen LogP contribution in [0.1, 0.15) is 18.9 Å². The summed E-state index contributed by atoms with van der Waals surface area (Å²) >= 11 is 1.55. The number of carboxylic acid groups (broad SMARTS) is 1. The summed E-state index contributed by atoms with van der Waals surface area (Å²) in [6.07, 6.45) is 0.967. The van der Waals surface area contributed by atoms with Crippen molar-refractivity contribution in [2.24, 2.45) is 11.8 Å². The molecule has 1 unspecified atom stereocenters. The second kappa shape index (κ2) is 6.27. The van der Waals surface area contributed by atoms with E-state index in [-0.39, 0.29) is 23.6 Å². The Labute approximate surface area is 144 Å². The molecular formula is C16H21N3O4S. The standard InChI is InChI=1S/C16H21N3O4S/c1-8-10(6-18(3)7-11-17-4-5-24-11)14(16(22)23)19-13(8)12(9(2)20)15(19)21/h4-5,8-9,12-13,20H,6-7H2,1-3H3,(H,22,23)/t8-,9+,12+,13?/m0/s1. The molecule has 2 aliphatic rings. The third-order valence-corrected chi connectivity index (χ3v) is 5.61. The summed E-state index contributed by atoms with van der Waals surface area (Å²) in [5, 5.41) is 22.3. The van der Waals surface area contributed by atoms with Crippen LogP contribution in [0.3, 0.4) is 0 Å². The van der Waals surface area contributed by atoms with Crippen molar-refractivity contribution >= 4 is 23.2 Å². The summed E-state index contributed by atoms with van der Waals surface area (Å²) in [6, 6.07) is -0.258. The summed E-state index contributed by atoms with van der Waals surface area (Å²) < 4.78 is 0. The number of fused-ring (bicyclic) bond motifs is 1. The van der Waals surface area contributed by atoms with Crippen molar-refractivity contribution in [3.8, 4) is 0 Å². The summed E-state index contributed by atoms with van der Waals surface area (Å²) in [4.78, 5) is 31.6. The van der Waals surface area contributed by atoms with E-state index in [9.17, 15) is 19.8 Å². The molecule has 1 saturated heterocycles. The van der Waals surface area contributed by atoms with Gasteiger partial charge in [0, 0.05) is 24.0 Å². The van der Waals surface area contributed by atoms with Crippen LogP contribution in [0.5, 0.6) is 0 Å². The fourth-order valence-electron chi connectivity index (χ4n) is 3.76. The predicted octanol–water partition coefficient (Wildman–Crippen LogP) is 0.771. The van der Waals surface area contributed by atoms with Gasteiger partial charge in [-0.25, -0.2) is 9.78 Å². The Bertz CT molecular complexity index is 686. The first-order valence-corrected chi connectivity index (χ1v) is 8.75. The molecule has 3 rings (SSSR count). The molecule has 4 atom stereocenters. The van der Waals surface area contributed by atoms with Gasteiger partial charge in [0.05, 0.1) is 24.6 Å². The summed E-state index contributed by atoms with van der Waals surface area (Å²) in [7, 11) is 1.91. The Morgan fingerprint density at radius 2 is 2.21 bits per heavy atom. The van der Waals surface area contributed by atoms with Gasteiger partial charge in [-0.1, -0.05) is 6.92 Å². The van der Waals surface area contributed by atoms with Gasteiger partial charge in [0.2, 0.25) is 5.91 Å². The van der Waals surface area contributed by atoms with Gasteiger partial charge in [0.1, 0.15) is 10.7 Å². The van der Waals surface area contributed by atoms with Gasteiger partial charge in [-0.15, -0.1) is 11.3 Å². The Hall–Kier alpha value is -1.77. The number of amides is 1. The summed E-state index contributed by atoms with van der Waals surface area (Å²) in [5.74, 6) is -1.99. The van der Waals surface area contributed by atoms with Crippen molar-refractivity contribution in [2.45, 2.75) is 32.5 Å². The van der Waals surface area contributed by atoms with Crippen LogP contribution < -0.4 is 0 Å².